The Kier molecular flexibility index (Phi) is 5.32. The Hall–Kier alpha value is -3.14. The highest BCUT2D eigenvalue weighted by Crippen LogP contribution is 2.31. The van der Waals surface area contributed by atoms with Gasteiger partial charge in [0.1, 0.15) is 11.8 Å². The predicted octanol–water partition coefficient (Wildman–Crippen LogP) is 3.24. The normalized spacial score (nSPS) is 19.4. The minimum atomic E-state index is -0.153. The predicted molar refractivity (Wildman–Crippen MR) is 95.1 cm³/mol. The molecule has 0 unspecified atom stereocenters. The third-order valence-electron chi connectivity index (χ3n) is 4.65. The van der Waals surface area contributed by atoms with Crippen LogP contribution in [-0.4, -0.2) is 17.0 Å². The summed E-state index contributed by atoms with van der Waals surface area (Å²) in [5.41, 5.74) is 0.970. The summed E-state index contributed by atoms with van der Waals surface area (Å²) >= 11 is 0. The largest absolute Gasteiger partial charge is 0.360 e. The van der Waals surface area contributed by atoms with Crippen LogP contribution in [0.2, 0.25) is 0 Å². The molecular weight excluding hydrogens is 332 g/mol. The van der Waals surface area contributed by atoms with Crippen molar-refractivity contribution >= 4 is 23.3 Å². The van der Waals surface area contributed by atoms with Crippen molar-refractivity contribution in [1.82, 2.24) is 5.16 Å². The van der Waals surface area contributed by atoms with Gasteiger partial charge in [0.05, 0.1) is 11.3 Å². The Labute approximate surface area is 151 Å². The molecule has 0 spiro atoms. The number of benzene rings is 1. The van der Waals surface area contributed by atoms with E-state index >= 15 is 0 Å². The Bertz CT molecular complexity index is 844. The van der Waals surface area contributed by atoms with E-state index in [2.05, 4.69) is 21.9 Å². The molecule has 1 saturated carbocycles. The maximum absolute atomic E-state index is 12.5. The second kappa shape index (κ2) is 7.83. The lowest BCUT2D eigenvalue weighted by Gasteiger charge is -2.26. The van der Waals surface area contributed by atoms with E-state index in [4.69, 9.17) is 9.78 Å². The molecule has 0 aliphatic heterocycles. The Morgan fingerprint density at radius 2 is 1.73 bits per heavy atom. The van der Waals surface area contributed by atoms with Crippen LogP contribution in [0.1, 0.15) is 37.0 Å². The molecule has 26 heavy (non-hydrogen) atoms. The number of hydrogen-bond donors (Lipinski definition) is 2. The molecule has 1 aliphatic rings. The van der Waals surface area contributed by atoms with Gasteiger partial charge in [0.25, 0.3) is 0 Å². The van der Waals surface area contributed by atoms with E-state index in [9.17, 15) is 9.59 Å². The van der Waals surface area contributed by atoms with Crippen molar-refractivity contribution in [3.8, 4) is 6.07 Å². The zero-order valence-electron chi connectivity index (χ0n) is 14.5. The number of aromatic nitrogens is 1. The van der Waals surface area contributed by atoms with Crippen LogP contribution in [0, 0.1) is 30.1 Å². The standard InChI is InChI=1S/C19H20N4O3/c1-12-10-17(23-26-12)22-19(25)14-8-6-13(7-9-14)18(24)21-16-5-3-2-4-15(16)11-20/h2-5,10,13-14H,6-9H2,1H3,(H,21,24)(H,22,23,25). The van der Waals surface area contributed by atoms with Crippen LogP contribution in [0.5, 0.6) is 0 Å². The number of nitrogens with zero attached hydrogens (tertiary/aromatic N) is 2. The molecule has 2 amide bonds. The zero-order valence-corrected chi connectivity index (χ0v) is 14.5. The maximum atomic E-state index is 12.5. The Morgan fingerprint density at radius 1 is 1.12 bits per heavy atom. The number of carbonyl (C=O) groups excluding carboxylic acids is 2. The molecule has 2 aromatic rings. The quantitative estimate of drug-likeness (QED) is 0.878. The average Bonchev–Trinajstić information content (AvgIpc) is 3.07. The first kappa shape index (κ1) is 17.7. The van der Waals surface area contributed by atoms with Crippen LogP contribution in [-0.2, 0) is 9.59 Å². The van der Waals surface area contributed by atoms with Crippen molar-refractivity contribution in [1.29, 1.82) is 5.26 Å². The molecule has 3 rings (SSSR count). The van der Waals surface area contributed by atoms with Gasteiger partial charge in [-0.15, -0.1) is 0 Å². The van der Waals surface area contributed by atoms with Crippen molar-refractivity contribution in [3.05, 3.63) is 41.7 Å². The molecule has 0 saturated heterocycles. The van der Waals surface area contributed by atoms with Gasteiger partial charge in [-0.2, -0.15) is 5.26 Å². The molecule has 1 aromatic carbocycles. The van der Waals surface area contributed by atoms with E-state index < -0.39 is 0 Å². The minimum absolute atomic E-state index is 0.0908. The summed E-state index contributed by atoms with van der Waals surface area (Å²) < 4.78 is 4.94. The van der Waals surface area contributed by atoms with Crippen LogP contribution < -0.4 is 10.6 Å². The molecule has 134 valence electrons. The lowest BCUT2D eigenvalue weighted by Crippen LogP contribution is -2.32. The fourth-order valence-electron chi connectivity index (χ4n) is 3.20. The summed E-state index contributed by atoms with van der Waals surface area (Å²) in [6.07, 6.45) is 2.55. The summed E-state index contributed by atoms with van der Waals surface area (Å²) in [5.74, 6) is 0.576. The number of hydrogen-bond acceptors (Lipinski definition) is 5. The molecule has 1 aromatic heterocycles. The topological polar surface area (TPSA) is 108 Å². The van der Waals surface area contributed by atoms with Gasteiger partial charge in [0.15, 0.2) is 5.82 Å². The van der Waals surface area contributed by atoms with Crippen molar-refractivity contribution in [2.45, 2.75) is 32.6 Å². The third-order valence-corrected chi connectivity index (χ3v) is 4.65. The number of amides is 2. The van der Waals surface area contributed by atoms with Crippen LogP contribution >= 0.6 is 0 Å². The second-order valence-corrected chi connectivity index (χ2v) is 6.51. The lowest BCUT2D eigenvalue weighted by atomic mass is 9.81. The fourth-order valence-corrected chi connectivity index (χ4v) is 3.20. The number of para-hydroxylation sites is 1. The summed E-state index contributed by atoms with van der Waals surface area (Å²) in [5, 5.41) is 18.4. The van der Waals surface area contributed by atoms with Gasteiger partial charge in [-0.3, -0.25) is 9.59 Å². The van der Waals surface area contributed by atoms with E-state index in [1.165, 1.54) is 0 Å². The fraction of sp³-hybridized carbons (Fsp3) is 0.368. The summed E-state index contributed by atoms with van der Waals surface area (Å²) in [6, 6.07) is 10.7. The van der Waals surface area contributed by atoms with Crippen molar-refractivity contribution in [3.63, 3.8) is 0 Å². The molecule has 7 nitrogen and oxygen atoms in total. The van der Waals surface area contributed by atoms with E-state index in [1.54, 1.807) is 37.3 Å². The molecule has 0 bridgehead atoms. The number of nitriles is 1. The minimum Gasteiger partial charge on any atom is -0.360 e. The van der Waals surface area contributed by atoms with Gasteiger partial charge in [-0.25, -0.2) is 0 Å². The summed E-state index contributed by atoms with van der Waals surface area (Å²) in [6.45, 7) is 1.76. The van der Waals surface area contributed by atoms with Gasteiger partial charge in [-0.1, -0.05) is 17.3 Å². The second-order valence-electron chi connectivity index (χ2n) is 6.51. The highest BCUT2D eigenvalue weighted by molar-refractivity contribution is 5.95. The van der Waals surface area contributed by atoms with Gasteiger partial charge in [0, 0.05) is 17.9 Å². The Morgan fingerprint density at radius 3 is 2.31 bits per heavy atom. The number of aryl methyl sites for hydroxylation is 1. The maximum Gasteiger partial charge on any atom is 0.228 e. The van der Waals surface area contributed by atoms with E-state index in [0.717, 1.165) is 0 Å². The molecule has 7 heteroatoms. The van der Waals surface area contributed by atoms with Gasteiger partial charge >= 0.3 is 0 Å². The summed E-state index contributed by atoms with van der Waals surface area (Å²) in [4.78, 5) is 24.8. The highest BCUT2D eigenvalue weighted by Gasteiger charge is 2.30. The first-order chi connectivity index (χ1) is 12.6. The van der Waals surface area contributed by atoms with Crippen LogP contribution in [0.4, 0.5) is 11.5 Å². The number of carbonyl (C=O) groups is 2. The van der Waals surface area contributed by atoms with E-state index in [-0.39, 0.29) is 23.7 Å². The molecule has 0 atom stereocenters. The lowest BCUT2D eigenvalue weighted by molar-refractivity contribution is -0.125. The molecule has 1 heterocycles. The number of nitrogens with one attached hydrogen (secondary N) is 2. The number of rotatable bonds is 4. The smallest absolute Gasteiger partial charge is 0.228 e. The average molecular weight is 352 g/mol. The van der Waals surface area contributed by atoms with Crippen LogP contribution in [0.15, 0.2) is 34.9 Å². The van der Waals surface area contributed by atoms with Crippen LogP contribution in [0.3, 0.4) is 0 Å². The first-order valence-electron chi connectivity index (χ1n) is 8.61. The van der Waals surface area contributed by atoms with Gasteiger partial charge in [-0.05, 0) is 44.7 Å². The SMILES string of the molecule is Cc1cc(NC(=O)C2CCC(C(=O)Nc3ccccc3C#N)CC2)no1. The third kappa shape index (κ3) is 4.09. The monoisotopic (exact) mass is 352 g/mol. The van der Waals surface area contributed by atoms with Crippen LogP contribution in [0.25, 0.3) is 0 Å². The van der Waals surface area contributed by atoms with Crippen molar-refractivity contribution in [2.75, 3.05) is 10.6 Å². The van der Waals surface area contributed by atoms with Crippen molar-refractivity contribution in [2.24, 2.45) is 11.8 Å². The number of anilines is 2. The molecule has 0 radical (unpaired) electrons. The zero-order chi connectivity index (χ0) is 18.5. The molecular formula is C19H20N4O3. The van der Waals surface area contributed by atoms with E-state index in [1.807, 2.05) is 0 Å². The molecule has 1 aliphatic carbocycles. The van der Waals surface area contributed by atoms with Gasteiger partial charge in [0.2, 0.25) is 11.8 Å². The highest BCUT2D eigenvalue weighted by atomic mass is 16.5. The molecule has 1 fully saturated rings. The molecule has 2 N–H and O–H groups in total. The summed E-state index contributed by atoms with van der Waals surface area (Å²) in [7, 11) is 0. The van der Waals surface area contributed by atoms with Gasteiger partial charge < -0.3 is 15.2 Å². The van der Waals surface area contributed by atoms with Crippen molar-refractivity contribution < 1.29 is 14.1 Å². The van der Waals surface area contributed by atoms with E-state index in [0.29, 0.717) is 48.5 Å². The first-order valence-corrected chi connectivity index (χ1v) is 8.61. The Balaban J connectivity index is 1.52.